The van der Waals surface area contributed by atoms with Crippen molar-refractivity contribution in [2.24, 2.45) is 0 Å². The molecule has 2 aromatic rings. The molecule has 1 fully saturated rings. The molecule has 0 bridgehead atoms. The Kier molecular flexibility index (Phi) is 5.09. The number of ether oxygens (including phenoxy) is 1. The molecular weight excluding hydrogens is 320 g/mol. The summed E-state index contributed by atoms with van der Waals surface area (Å²) in [4.78, 5) is 37.6. The van der Waals surface area contributed by atoms with Crippen LogP contribution in [0, 0.1) is 0 Å². The van der Waals surface area contributed by atoms with Crippen LogP contribution in [-0.4, -0.2) is 35.4 Å². The first kappa shape index (κ1) is 16.7. The van der Waals surface area contributed by atoms with Gasteiger partial charge in [-0.05, 0) is 11.1 Å². The second kappa shape index (κ2) is 7.61. The summed E-state index contributed by atoms with van der Waals surface area (Å²) in [7, 11) is 0. The molecule has 1 saturated heterocycles. The highest BCUT2D eigenvalue weighted by atomic mass is 16.6. The lowest BCUT2D eigenvalue weighted by molar-refractivity contribution is -0.142. The average molecular weight is 338 g/mol. The van der Waals surface area contributed by atoms with E-state index in [2.05, 4.69) is 5.32 Å². The number of benzene rings is 2. The Morgan fingerprint density at radius 3 is 2.12 bits per heavy atom. The van der Waals surface area contributed by atoms with Gasteiger partial charge in [0.05, 0.1) is 6.42 Å². The molecule has 25 heavy (non-hydrogen) atoms. The number of β-lactam (4-membered cyclic amide) rings is 1. The highest BCUT2D eigenvalue weighted by Crippen LogP contribution is 2.14. The van der Waals surface area contributed by atoms with Crippen molar-refractivity contribution in [2.45, 2.75) is 19.1 Å². The summed E-state index contributed by atoms with van der Waals surface area (Å²) in [6, 6.07) is 17.4. The van der Waals surface area contributed by atoms with E-state index < -0.39 is 18.0 Å². The standard InChI is InChI=1S/C19H18N2O4/c22-17(11-14-7-3-1-4-8-14)21(16-12-20-18(16)23)19(24)25-13-15-9-5-2-6-10-15/h1-10,16H,11-13H2,(H,20,23). The number of nitrogens with zero attached hydrogens (tertiary/aromatic N) is 1. The fourth-order valence-electron chi connectivity index (χ4n) is 2.53. The van der Waals surface area contributed by atoms with E-state index in [0.717, 1.165) is 16.0 Å². The van der Waals surface area contributed by atoms with Crippen molar-refractivity contribution in [1.82, 2.24) is 10.2 Å². The van der Waals surface area contributed by atoms with Crippen LogP contribution in [0.2, 0.25) is 0 Å². The fraction of sp³-hybridized carbons (Fsp3) is 0.211. The lowest BCUT2D eigenvalue weighted by atomic mass is 10.1. The molecule has 6 nitrogen and oxygen atoms in total. The maximum atomic E-state index is 12.6. The van der Waals surface area contributed by atoms with Crippen LogP contribution < -0.4 is 5.32 Å². The van der Waals surface area contributed by atoms with Crippen molar-refractivity contribution < 1.29 is 19.1 Å². The normalized spacial score (nSPS) is 15.7. The Labute approximate surface area is 145 Å². The van der Waals surface area contributed by atoms with Gasteiger partial charge in [0.15, 0.2) is 0 Å². The molecule has 0 aromatic heterocycles. The summed E-state index contributed by atoms with van der Waals surface area (Å²) < 4.78 is 5.24. The summed E-state index contributed by atoms with van der Waals surface area (Å²) in [5.41, 5.74) is 1.58. The predicted molar refractivity (Wildman–Crippen MR) is 90.4 cm³/mol. The minimum Gasteiger partial charge on any atom is -0.444 e. The van der Waals surface area contributed by atoms with Gasteiger partial charge >= 0.3 is 6.09 Å². The molecule has 6 heteroatoms. The zero-order chi connectivity index (χ0) is 17.6. The Balaban J connectivity index is 1.69. The molecule has 3 amide bonds. The molecule has 1 N–H and O–H groups in total. The van der Waals surface area contributed by atoms with Crippen LogP contribution in [0.1, 0.15) is 11.1 Å². The average Bonchev–Trinajstić information content (AvgIpc) is 2.64. The van der Waals surface area contributed by atoms with E-state index in [1.807, 2.05) is 48.5 Å². The maximum Gasteiger partial charge on any atom is 0.417 e. The van der Waals surface area contributed by atoms with Crippen molar-refractivity contribution >= 4 is 17.9 Å². The van der Waals surface area contributed by atoms with E-state index >= 15 is 0 Å². The molecular formula is C19H18N2O4. The third kappa shape index (κ3) is 4.03. The van der Waals surface area contributed by atoms with Gasteiger partial charge in [0, 0.05) is 6.54 Å². The molecule has 0 aliphatic carbocycles. The topological polar surface area (TPSA) is 75.7 Å². The van der Waals surface area contributed by atoms with Crippen LogP contribution in [0.25, 0.3) is 0 Å². The Morgan fingerprint density at radius 1 is 1.00 bits per heavy atom. The van der Waals surface area contributed by atoms with Crippen molar-refractivity contribution in [2.75, 3.05) is 6.54 Å². The van der Waals surface area contributed by atoms with Crippen LogP contribution in [0.5, 0.6) is 0 Å². The summed E-state index contributed by atoms with van der Waals surface area (Å²) in [6.45, 7) is 0.295. The van der Waals surface area contributed by atoms with E-state index in [1.54, 1.807) is 12.1 Å². The van der Waals surface area contributed by atoms with Gasteiger partial charge < -0.3 is 10.1 Å². The largest absolute Gasteiger partial charge is 0.444 e. The summed E-state index contributed by atoms with van der Waals surface area (Å²) in [6.07, 6.45) is -0.768. The third-order valence-electron chi connectivity index (χ3n) is 3.95. The second-order valence-corrected chi connectivity index (χ2v) is 5.73. The molecule has 0 saturated carbocycles. The van der Waals surface area contributed by atoms with Crippen molar-refractivity contribution in [3.05, 3.63) is 71.8 Å². The molecule has 1 atom stereocenters. The SMILES string of the molecule is O=C1NCC1N(C(=O)Cc1ccccc1)C(=O)OCc1ccccc1. The molecule has 1 unspecified atom stereocenters. The van der Waals surface area contributed by atoms with Crippen LogP contribution >= 0.6 is 0 Å². The maximum absolute atomic E-state index is 12.6. The first-order chi connectivity index (χ1) is 12.1. The van der Waals surface area contributed by atoms with Crippen LogP contribution in [0.15, 0.2) is 60.7 Å². The number of amides is 3. The smallest absolute Gasteiger partial charge is 0.417 e. The number of imide groups is 1. The quantitative estimate of drug-likeness (QED) is 0.845. The van der Waals surface area contributed by atoms with E-state index in [-0.39, 0.29) is 25.5 Å². The highest BCUT2D eigenvalue weighted by Gasteiger charge is 2.41. The molecule has 1 heterocycles. The molecule has 1 aliphatic rings. The summed E-state index contributed by atoms with van der Waals surface area (Å²) in [5.74, 6) is -0.804. The minimum atomic E-state index is -0.806. The molecule has 3 rings (SSSR count). The van der Waals surface area contributed by atoms with E-state index in [1.165, 1.54) is 0 Å². The summed E-state index contributed by atoms with van der Waals surface area (Å²) >= 11 is 0. The van der Waals surface area contributed by atoms with Gasteiger partial charge in [0.1, 0.15) is 12.6 Å². The van der Waals surface area contributed by atoms with Crippen molar-refractivity contribution in [3.63, 3.8) is 0 Å². The van der Waals surface area contributed by atoms with E-state index in [0.29, 0.717) is 0 Å². The first-order valence-electron chi connectivity index (χ1n) is 7.99. The Bertz CT molecular complexity index is 762. The van der Waals surface area contributed by atoms with Gasteiger partial charge in [0.25, 0.3) is 0 Å². The van der Waals surface area contributed by atoms with Crippen LogP contribution in [-0.2, 0) is 27.4 Å². The van der Waals surface area contributed by atoms with Gasteiger partial charge in [-0.2, -0.15) is 0 Å². The van der Waals surface area contributed by atoms with Gasteiger partial charge in [0.2, 0.25) is 11.8 Å². The lowest BCUT2D eigenvalue weighted by Crippen LogP contribution is -2.64. The van der Waals surface area contributed by atoms with Gasteiger partial charge in [-0.3, -0.25) is 9.59 Å². The third-order valence-corrected chi connectivity index (χ3v) is 3.95. The zero-order valence-corrected chi connectivity index (χ0v) is 13.6. The monoisotopic (exact) mass is 338 g/mol. The van der Waals surface area contributed by atoms with Crippen LogP contribution in [0.4, 0.5) is 4.79 Å². The van der Waals surface area contributed by atoms with E-state index in [4.69, 9.17) is 4.74 Å². The second-order valence-electron chi connectivity index (χ2n) is 5.73. The fourth-order valence-corrected chi connectivity index (χ4v) is 2.53. The molecule has 128 valence electrons. The zero-order valence-electron chi connectivity index (χ0n) is 13.6. The molecule has 2 aromatic carbocycles. The van der Waals surface area contributed by atoms with Gasteiger partial charge in [-0.25, -0.2) is 9.69 Å². The molecule has 1 aliphatic heterocycles. The number of nitrogens with one attached hydrogen (secondary N) is 1. The van der Waals surface area contributed by atoms with Gasteiger partial charge in [-0.1, -0.05) is 60.7 Å². The lowest BCUT2D eigenvalue weighted by Gasteiger charge is -2.34. The molecule has 0 radical (unpaired) electrons. The number of carbonyl (C=O) groups is 3. The van der Waals surface area contributed by atoms with Crippen molar-refractivity contribution in [1.29, 1.82) is 0 Å². The number of hydrogen-bond donors (Lipinski definition) is 1. The molecule has 0 spiro atoms. The van der Waals surface area contributed by atoms with Gasteiger partial charge in [-0.15, -0.1) is 0 Å². The van der Waals surface area contributed by atoms with Crippen LogP contribution in [0.3, 0.4) is 0 Å². The summed E-state index contributed by atoms with van der Waals surface area (Å²) in [5, 5.41) is 2.55. The number of rotatable bonds is 5. The highest BCUT2D eigenvalue weighted by molar-refractivity contribution is 6.01. The predicted octanol–water partition coefficient (Wildman–Crippen LogP) is 1.89. The number of carbonyl (C=O) groups excluding carboxylic acids is 3. The Morgan fingerprint density at radius 2 is 1.60 bits per heavy atom. The van der Waals surface area contributed by atoms with E-state index in [9.17, 15) is 14.4 Å². The number of hydrogen-bond acceptors (Lipinski definition) is 4. The minimum absolute atomic E-state index is 0.0328. The Hall–Kier alpha value is -3.15. The first-order valence-corrected chi connectivity index (χ1v) is 7.99. The van der Waals surface area contributed by atoms with Crippen molar-refractivity contribution in [3.8, 4) is 0 Å².